The van der Waals surface area contributed by atoms with E-state index in [2.05, 4.69) is 18.0 Å². The molecule has 0 aliphatic carbocycles. The van der Waals surface area contributed by atoms with Crippen LogP contribution < -0.4 is 0 Å². The van der Waals surface area contributed by atoms with E-state index in [1.54, 1.807) is 6.21 Å². The Morgan fingerprint density at radius 3 is 2.57 bits per heavy atom. The Hall–Kier alpha value is -2.61. The van der Waals surface area contributed by atoms with Gasteiger partial charge in [0, 0.05) is 17.2 Å². The molecule has 3 rings (SSSR count). The fourth-order valence-corrected chi connectivity index (χ4v) is 2.45. The molecule has 0 aliphatic rings. The van der Waals surface area contributed by atoms with Gasteiger partial charge in [0.05, 0.1) is 5.69 Å². The maximum absolute atomic E-state index is 10.4. The summed E-state index contributed by atoms with van der Waals surface area (Å²) in [5, 5.41) is 12.2. The smallest absolute Gasteiger partial charge is 0.132 e. The Labute approximate surface area is 124 Å². The minimum absolute atomic E-state index is 0.283. The van der Waals surface area contributed by atoms with Gasteiger partial charge in [-0.25, -0.2) is 0 Å². The topological polar surface area (TPSA) is 32.6 Å². The van der Waals surface area contributed by atoms with Crippen molar-refractivity contribution in [3.63, 3.8) is 0 Å². The van der Waals surface area contributed by atoms with Gasteiger partial charge in [-0.15, -0.1) is 0 Å². The number of para-hydroxylation sites is 1. The van der Waals surface area contributed by atoms with Crippen LogP contribution in [-0.2, 0) is 6.42 Å². The molecule has 1 N–H and O–H groups in total. The number of nitrogens with zero attached hydrogens (tertiary/aromatic N) is 1. The second kappa shape index (κ2) is 5.80. The van der Waals surface area contributed by atoms with Crippen LogP contribution in [0.15, 0.2) is 65.7 Å². The molecule has 0 radical (unpaired) electrons. The van der Waals surface area contributed by atoms with Crippen molar-refractivity contribution in [2.45, 2.75) is 13.3 Å². The Bertz CT molecular complexity index is 806. The molecule has 0 saturated heterocycles. The Morgan fingerprint density at radius 1 is 0.952 bits per heavy atom. The van der Waals surface area contributed by atoms with Gasteiger partial charge in [-0.1, -0.05) is 55.5 Å². The van der Waals surface area contributed by atoms with Crippen molar-refractivity contribution in [1.82, 2.24) is 0 Å². The number of rotatable bonds is 3. The first-order valence-corrected chi connectivity index (χ1v) is 7.12. The summed E-state index contributed by atoms with van der Waals surface area (Å²) < 4.78 is 0. The third-order valence-electron chi connectivity index (χ3n) is 3.65. The second-order valence-corrected chi connectivity index (χ2v) is 4.96. The van der Waals surface area contributed by atoms with Crippen molar-refractivity contribution in [2.24, 2.45) is 4.99 Å². The molecule has 3 aromatic rings. The minimum atomic E-state index is 0.283. The molecule has 2 heteroatoms. The molecule has 0 fully saturated rings. The van der Waals surface area contributed by atoms with E-state index in [1.165, 1.54) is 5.56 Å². The zero-order chi connectivity index (χ0) is 14.7. The molecule has 21 heavy (non-hydrogen) atoms. The lowest BCUT2D eigenvalue weighted by molar-refractivity contribution is 0.481. The average Bonchev–Trinajstić information content (AvgIpc) is 2.55. The van der Waals surface area contributed by atoms with E-state index in [1.807, 2.05) is 54.6 Å². The third kappa shape index (κ3) is 2.65. The Kier molecular flexibility index (Phi) is 3.69. The predicted octanol–water partition coefficient (Wildman–Crippen LogP) is 4.86. The molecule has 0 spiro atoms. The lowest BCUT2D eigenvalue weighted by atomic mass is 10.1. The standard InChI is InChI=1S/C19H17NO/c1-2-14-7-4-6-10-18(14)20-13-16-12-11-15-8-3-5-9-17(15)19(16)21/h3-13,21H,2H2,1H3. The van der Waals surface area contributed by atoms with Crippen LogP contribution in [0.2, 0.25) is 0 Å². The number of fused-ring (bicyclic) bond motifs is 1. The fourth-order valence-electron chi connectivity index (χ4n) is 2.45. The molecular weight excluding hydrogens is 258 g/mol. The van der Waals surface area contributed by atoms with Crippen LogP contribution in [0.4, 0.5) is 5.69 Å². The predicted molar refractivity (Wildman–Crippen MR) is 88.7 cm³/mol. The maximum Gasteiger partial charge on any atom is 0.132 e. The first-order valence-electron chi connectivity index (χ1n) is 7.12. The molecule has 0 unspecified atom stereocenters. The summed E-state index contributed by atoms with van der Waals surface area (Å²) >= 11 is 0. The molecule has 0 aromatic heterocycles. The highest BCUT2D eigenvalue weighted by Gasteiger charge is 2.04. The van der Waals surface area contributed by atoms with E-state index in [-0.39, 0.29) is 5.75 Å². The first kappa shape index (κ1) is 13.4. The number of aromatic hydroxyl groups is 1. The van der Waals surface area contributed by atoms with E-state index in [4.69, 9.17) is 0 Å². The highest BCUT2D eigenvalue weighted by atomic mass is 16.3. The number of aliphatic imine (C=N–C) groups is 1. The molecule has 2 nitrogen and oxygen atoms in total. The van der Waals surface area contributed by atoms with Crippen molar-refractivity contribution < 1.29 is 5.11 Å². The molecule has 3 aromatic carbocycles. The maximum atomic E-state index is 10.4. The monoisotopic (exact) mass is 275 g/mol. The third-order valence-corrected chi connectivity index (χ3v) is 3.65. The molecule has 0 atom stereocenters. The number of phenolic OH excluding ortho intramolecular Hbond substituents is 1. The number of aryl methyl sites for hydroxylation is 1. The van der Waals surface area contributed by atoms with Crippen molar-refractivity contribution in [3.8, 4) is 5.75 Å². The SMILES string of the molecule is CCc1ccccc1N=Cc1ccc2ccccc2c1O. The zero-order valence-electron chi connectivity index (χ0n) is 12.0. The van der Waals surface area contributed by atoms with Gasteiger partial charge < -0.3 is 5.11 Å². The molecule has 0 saturated carbocycles. The van der Waals surface area contributed by atoms with Crippen LogP contribution in [0, 0.1) is 0 Å². The number of hydrogen-bond acceptors (Lipinski definition) is 2. The molecule has 0 heterocycles. The summed E-state index contributed by atoms with van der Waals surface area (Å²) in [5.74, 6) is 0.283. The quantitative estimate of drug-likeness (QED) is 0.680. The van der Waals surface area contributed by atoms with Gasteiger partial charge in [0.15, 0.2) is 0 Å². The van der Waals surface area contributed by atoms with Gasteiger partial charge in [0.25, 0.3) is 0 Å². The molecule has 0 amide bonds. The Balaban J connectivity index is 2.02. The number of phenols is 1. The van der Waals surface area contributed by atoms with Crippen molar-refractivity contribution in [1.29, 1.82) is 0 Å². The summed E-state index contributed by atoms with van der Waals surface area (Å²) in [6.07, 6.45) is 2.67. The van der Waals surface area contributed by atoms with Gasteiger partial charge in [-0.2, -0.15) is 0 Å². The van der Waals surface area contributed by atoms with Crippen molar-refractivity contribution >= 4 is 22.7 Å². The molecular formula is C19H17NO. The first-order chi connectivity index (χ1) is 10.3. The summed E-state index contributed by atoms with van der Waals surface area (Å²) in [6, 6.07) is 19.8. The largest absolute Gasteiger partial charge is 0.507 e. The van der Waals surface area contributed by atoms with Gasteiger partial charge >= 0.3 is 0 Å². The average molecular weight is 275 g/mol. The number of hydrogen-bond donors (Lipinski definition) is 1. The summed E-state index contributed by atoms with van der Waals surface area (Å²) in [4.78, 5) is 4.53. The molecule has 104 valence electrons. The van der Waals surface area contributed by atoms with Gasteiger partial charge in [0.2, 0.25) is 0 Å². The minimum Gasteiger partial charge on any atom is -0.507 e. The van der Waals surface area contributed by atoms with Crippen LogP contribution in [0.3, 0.4) is 0 Å². The number of benzene rings is 3. The highest BCUT2D eigenvalue weighted by molar-refractivity contribution is 5.97. The van der Waals surface area contributed by atoms with E-state index in [9.17, 15) is 5.11 Å². The fraction of sp³-hybridized carbons (Fsp3) is 0.105. The lowest BCUT2D eigenvalue weighted by Gasteiger charge is -2.05. The Morgan fingerprint density at radius 2 is 1.71 bits per heavy atom. The van der Waals surface area contributed by atoms with E-state index in [0.29, 0.717) is 0 Å². The van der Waals surface area contributed by atoms with Crippen LogP contribution >= 0.6 is 0 Å². The van der Waals surface area contributed by atoms with Crippen LogP contribution in [0.5, 0.6) is 5.75 Å². The normalized spacial score (nSPS) is 11.3. The molecule has 0 aliphatic heterocycles. The summed E-state index contributed by atoms with van der Waals surface area (Å²) in [5.41, 5.74) is 2.89. The highest BCUT2D eigenvalue weighted by Crippen LogP contribution is 2.28. The lowest BCUT2D eigenvalue weighted by Crippen LogP contribution is -1.86. The summed E-state index contributed by atoms with van der Waals surface area (Å²) in [6.45, 7) is 2.11. The van der Waals surface area contributed by atoms with Gasteiger partial charge in [-0.05, 0) is 29.5 Å². The van der Waals surface area contributed by atoms with Crippen LogP contribution in [0.1, 0.15) is 18.1 Å². The van der Waals surface area contributed by atoms with E-state index < -0.39 is 0 Å². The zero-order valence-corrected chi connectivity index (χ0v) is 12.0. The second-order valence-electron chi connectivity index (χ2n) is 4.96. The summed E-state index contributed by atoms with van der Waals surface area (Å²) in [7, 11) is 0. The molecule has 0 bridgehead atoms. The van der Waals surface area contributed by atoms with E-state index in [0.717, 1.165) is 28.4 Å². The van der Waals surface area contributed by atoms with Gasteiger partial charge in [0.1, 0.15) is 5.75 Å². The van der Waals surface area contributed by atoms with Gasteiger partial charge in [-0.3, -0.25) is 4.99 Å². The van der Waals surface area contributed by atoms with Crippen molar-refractivity contribution in [3.05, 3.63) is 71.8 Å². The van der Waals surface area contributed by atoms with Crippen LogP contribution in [-0.4, -0.2) is 11.3 Å². The van der Waals surface area contributed by atoms with E-state index >= 15 is 0 Å². The van der Waals surface area contributed by atoms with Crippen LogP contribution in [0.25, 0.3) is 10.8 Å². The van der Waals surface area contributed by atoms with Crippen molar-refractivity contribution in [2.75, 3.05) is 0 Å².